The monoisotopic (exact) mass is 428 g/mol. The molecule has 0 aliphatic carbocycles. The molecule has 0 spiro atoms. The number of rotatable bonds is 6. The molecule has 0 saturated carbocycles. The number of hydrogen-bond acceptors (Lipinski definition) is 5. The molecule has 158 valence electrons. The summed E-state index contributed by atoms with van der Waals surface area (Å²) in [6, 6.07) is 15.2. The van der Waals surface area contributed by atoms with E-state index in [9.17, 15) is 18.0 Å². The van der Waals surface area contributed by atoms with Crippen molar-refractivity contribution in [2.75, 3.05) is 7.05 Å². The summed E-state index contributed by atoms with van der Waals surface area (Å²) in [5.74, 6) is -0.395. The molecule has 2 aromatic rings. The van der Waals surface area contributed by atoms with Gasteiger partial charge in [0.2, 0.25) is 15.9 Å². The van der Waals surface area contributed by atoms with E-state index in [1.807, 2.05) is 37.3 Å². The first-order chi connectivity index (χ1) is 14.2. The lowest BCUT2D eigenvalue weighted by molar-refractivity contribution is -0.132. The van der Waals surface area contributed by atoms with Crippen LogP contribution in [-0.2, 0) is 26.2 Å². The molecule has 0 saturated heterocycles. The Labute approximate surface area is 176 Å². The Hall–Kier alpha value is -3.04. The molecule has 1 aliphatic rings. The smallest absolute Gasteiger partial charge is 0.270 e. The molecule has 0 aromatic heterocycles. The maximum absolute atomic E-state index is 13.0. The molecule has 0 fully saturated rings. The van der Waals surface area contributed by atoms with E-state index >= 15 is 0 Å². The van der Waals surface area contributed by atoms with Gasteiger partial charge in [-0.1, -0.05) is 42.5 Å². The Morgan fingerprint density at radius 1 is 1.13 bits per heavy atom. The van der Waals surface area contributed by atoms with Gasteiger partial charge in [-0.05, 0) is 30.2 Å². The van der Waals surface area contributed by atoms with E-state index in [-0.39, 0.29) is 35.6 Å². The highest BCUT2D eigenvalue weighted by atomic mass is 32.2. The average molecular weight is 429 g/mol. The van der Waals surface area contributed by atoms with Crippen LogP contribution in [0.2, 0.25) is 0 Å². The van der Waals surface area contributed by atoms with Crippen LogP contribution in [0.15, 0.2) is 64.6 Å². The number of hydrogen-bond donors (Lipinski definition) is 1. The highest BCUT2D eigenvalue weighted by Crippen LogP contribution is 2.22. The molecule has 9 heteroatoms. The van der Waals surface area contributed by atoms with Gasteiger partial charge in [0.25, 0.3) is 5.91 Å². The Morgan fingerprint density at radius 2 is 1.77 bits per heavy atom. The first kappa shape index (κ1) is 21.7. The van der Waals surface area contributed by atoms with Crippen LogP contribution in [0.1, 0.15) is 36.9 Å². The van der Waals surface area contributed by atoms with Crippen LogP contribution >= 0.6 is 0 Å². The molecule has 30 heavy (non-hydrogen) atoms. The van der Waals surface area contributed by atoms with Crippen LogP contribution in [0.25, 0.3) is 0 Å². The number of amides is 2. The molecule has 1 aliphatic heterocycles. The average Bonchev–Trinajstić information content (AvgIpc) is 2.74. The van der Waals surface area contributed by atoms with Crippen molar-refractivity contribution in [2.45, 2.75) is 37.2 Å². The van der Waals surface area contributed by atoms with Gasteiger partial charge in [0, 0.05) is 19.9 Å². The zero-order chi connectivity index (χ0) is 21.9. The zero-order valence-electron chi connectivity index (χ0n) is 16.9. The van der Waals surface area contributed by atoms with Crippen molar-refractivity contribution < 1.29 is 18.0 Å². The molecular formula is C21H24N4O4S. The Morgan fingerprint density at radius 3 is 2.37 bits per heavy atom. The summed E-state index contributed by atoms with van der Waals surface area (Å²) >= 11 is 0. The fourth-order valence-corrected chi connectivity index (χ4v) is 3.69. The number of hydrazone groups is 1. The Balaban J connectivity index is 1.75. The van der Waals surface area contributed by atoms with Gasteiger partial charge in [-0.15, -0.1) is 0 Å². The summed E-state index contributed by atoms with van der Waals surface area (Å²) in [7, 11) is -2.12. The fourth-order valence-electron chi connectivity index (χ4n) is 3.17. The van der Waals surface area contributed by atoms with Crippen LogP contribution in [0.5, 0.6) is 0 Å². The van der Waals surface area contributed by atoms with Gasteiger partial charge in [-0.2, -0.15) is 5.10 Å². The first-order valence-corrected chi connectivity index (χ1v) is 11.0. The van der Waals surface area contributed by atoms with E-state index in [0.717, 1.165) is 11.1 Å². The van der Waals surface area contributed by atoms with Crippen LogP contribution in [0.4, 0.5) is 0 Å². The summed E-state index contributed by atoms with van der Waals surface area (Å²) in [6.07, 6.45) is 0.507. The SMILES string of the molecule is CC(c1ccc(S(N)(=O)=O)cc1)N(C)C(=O)C1=NN(Cc2ccccc2)C(=O)CC1. The van der Waals surface area contributed by atoms with Crippen molar-refractivity contribution in [2.24, 2.45) is 10.2 Å². The molecule has 0 radical (unpaired) electrons. The molecule has 1 heterocycles. The van der Waals surface area contributed by atoms with Gasteiger partial charge in [-0.3, -0.25) is 9.59 Å². The largest absolute Gasteiger partial charge is 0.334 e. The van der Waals surface area contributed by atoms with Crippen molar-refractivity contribution in [3.8, 4) is 0 Å². The fraction of sp³-hybridized carbons (Fsp3) is 0.286. The van der Waals surface area contributed by atoms with E-state index in [1.165, 1.54) is 22.0 Å². The number of benzene rings is 2. The summed E-state index contributed by atoms with van der Waals surface area (Å²) in [4.78, 5) is 26.8. The summed E-state index contributed by atoms with van der Waals surface area (Å²) in [5, 5.41) is 10.8. The third kappa shape index (κ3) is 4.92. The van der Waals surface area contributed by atoms with Gasteiger partial charge < -0.3 is 4.90 Å². The van der Waals surface area contributed by atoms with Gasteiger partial charge in [0.15, 0.2) is 0 Å². The molecule has 2 amide bonds. The van der Waals surface area contributed by atoms with Crippen molar-refractivity contribution in [3.05, 3.63) is 65.7 Å². The Kier molecular flexibility index (Phi) is 6.33. The van der Waals surface area contributed by atoms with E-state index < -0.39 is 10.0 Å². The lowest BCUT2D eigenvalue weighted by Gasteiger charge is -2.29. The van der Waals surface area contributed by atoms with Gasteiger partial charge in [-0.25, -0.2) is 18.6 Å². The molecule has 0 bridgehead atoms. The number of primary sulfonamides is 1. The Bertz CT molecular complexity index is 1070. The molecule has 1 atom stereocenters. The molecule has 2 aromatic carbocycles. The summed E-state index contributed by atoms with van der Waals surface area (Å²) in [5.41, 5.74) is 2.01. The second kappa shape index (κ2) is 8.76. The minimum Gasteiger partial charge on any atom is -0.334 e. The van der Waals surface area contributed by atoms with Gasteiger partial charge in [0.1, 0.15) is 5.71 Å². The highest BCUT2D eigenvalue weighted by molar-refractivity contribution is 7.89. The molecule has 1 unspecified atom stereocenters. The second-order valence-electron chi connectivity index (χ2n) is 7.19. The predicted octanol–water partition coefficient (Wildman–Crippen LogP) is 2.03. The maximum Gasteiger partial charge on any atom is 0.270 e. The van der Waals surface area contributed by atoms with Gasteiger partial charge >= 0.3 is 0 Å². The predicted molar refractivity (Wildman–Crippen MR) is 113 cm³/mol. The van der Waals surface area contributed by atoms with Crippen LogP contribution in [0, 0.1) is 0 Å². The molecule has 8 nitrogen and oxygen atoms in total. The van der Waals surface area contributed by atoms with Crippen molar-refractivity contribution in [1.82, 2.24) is 9.91 Å². The lowest BCUT2D eigenvalue weighted by atomic mass is 10.1. The molecular weight excluding hydrogens is 404 g/mol. The zero-order valence-corrected chi connectivity index (χ0v) is 17.7. The third-order valence-electron chi connectivity index (χ3n) is 5.12. The third-order valence-corrected chi connectivity index (χ3v) is 6.05. The topological polar surface area (TPSA) is 113 Å². The number of nitrogens with zero attached hydrogens (tertiary/aromatic N) is 3. The minimum atomic E-state index is -3.77. The quantitative estimate of drug-likeness (QED) is 0.758. The lowest BCUT2D eigenvalue weighted by Crippen LogP contribution is -2.40. The summed E-state index contributed by atoms with van der Waals surface area (Å²) in [6.45, 7) is 2.14. The maximum atomic E-state index is 13.0. The molecule has 3 rings (SSSR count). The first-order valence-electron chi connectivity index (χ1n) is 9.48. The van der Waals surface area contributed by atoms with Crippen LogP contribution in [0.3, 0.4) is 0 Å². The second-order valence-corrected chi connectivity index (χ2v) is 8.75. The normalized spacial score (nSPS) is 15.5. The van der Waals surface area contributed by atoms with Crippen molar-refractivity contribution in [3.63, 3.8) is 0 Å². The number of carbonyl (C=O) groups is 2. The van der Waals surface area contributed by atoms with E-state index in [2.05, 4.69) is 5.10 Å². The standard InChI is InChI=1S/C21H24N4O4S/c1-15(17-8-10-18(11-9-17)30(22,28)29)24(2)21(27)19-12-13-20(26)25(23-19)14-16-6-4-3-5-7-16/h3-11,15H,12-14H2,1-2H3,(H2,22,28,29). The van der Waals surface area contributed by atoms with Crippen molar-refractivity contribution in [1.29, 1.82) is 0 Å². The van der Waals surface area contributed by atoms with Crippen LogP contribution < -0.4 is 5.14 Å². The number of sulfonamides is 1. The number of nitrogens with two attached hydrogens (primary N) is 1. The summed E-state index contributed by atoms with van der Waals surface area (Å²) < 4.78 is 22.8. The highest BCUT2D eigenvalue weighted by Gasteiger charge is 2.28. The molecule has 2 N–H and O–H groups in total. The van der Waals surface area contributed by atoms with E-state index in [1.54, 1.807) is 19.2 Å². The van der Waals surface area contributed by atoms with Crippen LogP contribution in [-0.4, -0.2) is 42.9 Å². The number of carbonyl (C=O) groups excluding carboxylic acids is 2. The minimum absolute atomic E-state index is 0.0131. The van der Waals surface area contributed by atoms with Crippen molar-refractivity contribution >= 4 is 27.5 Å². The van der Waals surface area contributed by atoms with E-state index in [4.69, 9.17) is 5.14 Å². The van der Waals surface area contributed by atoms with E-state index in [0.29, 0.717) is 12.3 Å². The van der Waals surface area contributed by atoms with Gasteiger partial charge in [0.05, 0.1) is 17.5 Å².